The van der Waals surface area contributed by atoms with Crippen molar-refractivity contribution in [2.24, 2.45) is 0 Å². The maximum absolute atomic E-state index is 11.5. The van der Waals surface area contributed by atoms with E-state index < -0.39 is 10.7 Å². The Bertz CT molecular complexity index is 440. The number of unbranched alkanes of at least 4 members (excludes halogenated alkanes) is 9. The van der Waals surface area contributed by atoms with Crippen molar-refractivity contribution in [2.45, 2.75) is 96.1 Å². The minimum atomic E-state index is -0.940. The van der Waals surface area contributed by atoms with Gasteiger partial charge in [0.15, 0.2) is 0 Å². The van der Waals surface area contributed by atoms with E-state index in [0.29, 0.717) is 6.42 Å². The molecule has 0 radical (unpaired) electrons. The molecule has 0 aromatic rings. The summed E-state index contributed by atoms with van der Waals surface area (Å²) in [6, 6.07) is 0. The van der Waals surface area contributed by atoms with Gasteiger partial charge in [-0.1, -0.05) is 88.7 Å². The summed E-state index contributed by atoms with van der Waals surface area (Å²) < 4.78 is -0.219. The summed E-state index contributed by atoms with van der Waals surface area (Å²) in [7, 11) is 0. The zero-order valence-electron chi connectivity index (χ0n) is 16.1. The van der Waals surface area contributed by atoms with E-state index in [4.69, 9.17) is 12.2 Å². The SMILES string of the molecule is CC#CCC(C)(SC(=S)SCCCCCCCCCCCC)C(=O)O. The molecule has 0 amide bonds. The third-order valence-electron chi connectivity index (χ3n) is 4.08. The number of carboxylic acid groups (broad SMARTS) is 1. The van der Waals surface area contributed by atoms with Gasteiger partial charge in [0.2, 0.25) is 0 Å². The van der Waals surface area contributed by atoms with E-state index in [1.807, 2.05) is 0 Å². The lowest BCUT2D eigenvalue weighted by atomic mass is 10.1. The molecule has 0 aliphatic heterocycles. The van der Waals surface area contributed by atoms with Crippen LogP contribution in [0.3, 0.4) is 0 Å². The average Bonchev–Trinajstić information content (AvgIpc) is 2.57. The quantitative estimate of drug-likeness (QED) is 0.194. The van der Waals surface area contributed by atoms with Crippen molar-refractivity contribution in [1.29, 1.82) is 0 Å². The Hall–Kier alpha value is -0.180. The molecule has 144 valence electrons. The molecule has 0 aliphatic carbocycles. The number of hydrogen-bond acceptors (Lipinski definition) is 4. The lowest BCUT2D eigenvalue weighted by Crippen LogP contribution is -2.31. The van der Waals surface area contributed by atoms with E-state index >= 15 is 0 Å². The van der Waals surface area contributed by atoms with E-state index in [0.717, 1.165) is 15.7 Å². The van der Waals surface area contributed by atoms with E-state index in [-0.39, 0.29) is 0 Å². The lowest BCUT2D eigenvalue weighted by molar-refractivity contribution is -0.139. The van der Waals surface area contributed by atoms with Crippen LogP contribution in [-0.2, 0) is 4.79 Å². The molecule has 0 saturated heterocycles. The molecule has 1 unspecified atom stereocenters. The summed E-state index contributed by atoms with van der Waals surface area (Å²) in [5.74, 6) is 5.77. The number of thioether (sulfide) groups is 2. The van der Waals surface area contributed by atoms with Gasteiger partial charge >= 0.3 is 5.97 Å². The van der Waals surface area contributed by atoms with E-state index in [2.05, 4.69) is 18.8 Å². The molecule has 0 aliphatic rings. The zero-order valence-corrected chi connectivity index (χ0v) is 18.5. The Morgan fingerprint density at radius 1 is 1.04 bits per heavy atom. The van der Waals surface area contributed by atoms with Crippen molar-refractivity contribution in [3.63, 3.8) is 0 Å². The van der Waals surface area contributed by atoms with E-state index in [1.54, 1.807) is 25.6 Å². The predicted molar refractivity (Wildman–Crippen MR) is 119 cm³/mol. The molecule has 0 saturated carbocycles. The second-order valence-corrected chi connectivity index (χ2v) is 10.3. The zero-order chi connectivity index (χ0) is 19.0. The minimum Gasteiger partial charge on any atom is -0.480 e. The Morgan fingerprint density at radius 3 is 2.04 bits per heavy atom. The number of aliphatic carboxylic acids is 1. The molecule has 0 aromatic heterocycles. The second kappa shape index (κ2) is 16.0. The van der Waals surface area contributed by atoms with Gasteiger partial charge in [0, 0.05) is 6.42 Å². The highest BCUT2D eigenvalue weighted by Crippen LogP contribution is 2.34. The fourth-order valence-electron chi connectivity index (χ4n) is 2.37. The van der Waals surface area contributed by atoms with Gasteiger partial charge in [-0.25, -0.2) is 0 Å². The van der Waals surface area contributed by atoms with Crippen LogP contribution in [0.15, 0.2) is 0 Å². The molecule has 5 heteroatoms. The van der Waals surface area contributed by atoms with Crippen LogP contribution in [0.5, 0.6) is 0 Å². The van der Waals surface area contributed by atoms with Crippen molar-refractivity contribution < 1.29 is 9.90 Å². The summed E-state index contributed by atoms with van der Waals surface area (Å²) in [5, 5.41) is 9.41. The predicted octanol–water partition coefficient (Wildman–Crippen LogP) is 6.92. The van der Waals surface area contributed by atoms with Gasteiger partial charge < -0.3 is 5.11 Å². The molecule has 0 fully saturated rings. The summed E-state index contributed by atoms with van der Waals surface area (Å²) >= 11 is 8.24. The van der Waals surface area contributed by atoms with Gasteiger partial charge in [-0.15, -0.1) is 23.6 Å². The van der Waals surface area contributed by atoms with Crippen molar-refractivity contribution >= 4 is 45.2 Å². The highest BCUT2D eigenvalue weighted by molar-refractivity contribution is 8.47. The average molecular weight is 403 g/mol. The molecule has 0 spiro atoms. The number of carboxylic acids is 1. The van der Waals surface area contributed by atoms with Crippen LogP contribution >= 0.6 is 35.7 Å². The molecule has 25 heavy (non-hydrogen) atoms. The van der Waals surface area contributed by atoms with Gasteiger partial charge in [-0.3, -0.25) is 4.79 Å². The highest BCUT2D eigenvalue weighted by Gasteiger charge is 2.34. The third-order valence-corrected chi connectivity index (χ3v) is 6.95. The minimum absolute atomic E-state index is 0.322. The Kier molecular flexibility index (Phi) is 15.9. The molecular formula is C20H34O2S3. The van der Waals surface area contributed by atoms with Gasteiger partial charge in [-0.2, -0.15) is 0 Å². The molecule has 2 nitrogen and oxygen atoms in total. The number of rotatable bonds is 14. The molecular weight excluding hydrogens is 368 g/mol. The second-order valence-electron chi connectivity index (χ2n) is 6.52. The van der Waals surface area contributed by atoms with Crippen molar-refractivity contribution in [3.05, 3.63) is 0 Å². The molecule has 0 heterocycles. The topological polar surface area (TPSA) is 37.3 Å². The first-order valence-electron chi connectivity index (χ1n) is 9.45. The normalized spacial score (nSPS) is 12.9. The number of carbonyl (C=O) groups is 1. The van der Waals surface area contributed by atoms with Gasteiger partial charge in [0.05, 0.1) is 0 Å². The summed E-state index contributed by atoms with van der Waals surface area (Å²) in [6.07, 6.45) is 13.6. The van der Waals surface area contributed by atoms with Crippen LogP contribution in [0.1, 0.15) is 91.4 Å². The summed E-state index contributed by atoms with van der Waals surface area (Å²) in [6.45, 7) is 5.69. The summed E-state index contributed by atoms with van der Waals surface area (Å²) in [5.41, 5.74) is 0. The molecule has 0 rings (SSSR count). The van der Waals surface area contributed by atoms with Crippen molar-refractivity contribution in [3.8, 4) is 11.8 Å². The Labute approximate surface area is 168 Å². The first-order chi connectivity index (χ1) is 12.0. The highest BCUT2D eigenvalue weighted by atomic mass is 32.2. The van der Waals surface area contributed by atoms with Crippen LogP contribution in [0, 0.1) is 11.8 Å². The molecule has 1 atom stereocenters. The fourth-order valence-corrected chi connectivity index (χ4v) is 5.32. The van der Waals surface area contributed by atoms with Crippen LogP contribution in [0.25, 0.3) is 0 Å². The summed E-state index contributed by atoms with van der Waals surface area (Å²) in [4.78, 5) is 11.5. The molecule has 0 bridgehead atoms. The maximum atomic E-state index is 11.5. The lowest BCUT2D eigenvalue weighted by Gasteiger charge is -2.21. The van der Waals surface area contributed by atoms with Crippen LogP contribution in [0.4, 0.5) is 0 Å². The monoisotopic (exact) mass is 402 g/mol. The Morgan fingerprint density at radius 2 is 1.56 bits per heavy atom. The van der Waals surface area contributed by atoms with Crippen molar-refractivity contribution in [2.75, 3.05) is 5.75 Å². The van der Waals surface area contributed by atoms with Crippen molar-refractivity contribution in [1.82, 2.24) is 0 Å². The van der Waals surface area contributed by atoms with Crippen LogP contribution in [-0.4, -0.2) is 25.1 Å². The number of hydrogen-bond donors (Lipinski definition) is 1. The van der Waals surface area contributed by atoms with Crippen LogP contribution in [0.2, 0.25) is 0 Å². The maximum Gasteiger partial charge on any atom is 0.320 e. The van der Waals surface area contributed by atoms with Crippen LogP contribution < -0.4 is 0 Å². The van der Waals surface area contributed by atoms with Gasteiger partial charge in [0.1, 0.15) is 8.28 Å². The van der Waals surface area contributed by atoms with Gasteiger partial charge in [0.25, 0.3) is 0 Å². The fraction of sp³-hybridized carbons (Fsp3) is 0.800. The standard InChI is InChI=1S/C20H34O2S3/c1-4-6-8-9-10-11-12-13-14-15-17-24-19(23)25-20(3,18(21)22)16-7-5-2/h4,6,8-17H2,1-3H3,(H,21,22). The van der Waals surface area contributed by atoms with E-state index in [9.17, 15) is 9.90 Å². The molecule has 0 aromatic carbocycles. The first kappa shape index (κ1) is 24.8. The molecule has 1 N–H and O–H groups in total. The third kappa shape index (κ3) is 13.7. The Balaban J connectivity index is 3.72. The van der Waals surface area contributed by atoms with E-state index in [1.165, 1.54) is 69.5 Å². The number of thiocarbonyl (C=S) groups is 1. The smallest absolute Gasteiger partial charge is 0.320 e. The largest absolute Gasteiger partial charge is 0.480 e. The van der Waals surface area contributed by atoms with Gasteiger partial charge in [-0.05, 0) is 26.0 Å². The first-order valence-corrected chi connectivity index (χ1v) is 11.7.